The zero-order valence-corrected chi connectivity index (χ0v) is 15.1. The smallest absolute Gasteiger partial charge is 0.246 e. The lowest BCUT2D eigenvalue weighted by Gasteiger charge is -2.38. The van der Waals surface area contributed by atoms with Gasteiger partial charge in [0.25, 0.3) is 0 Å². The molecule has 1 N–H and O–H groups in total. The number of fused-ring (bicyclic) bond motifs is 3. The lowest BCUT2D eigenvalue weighted by Crippen LogP contribution is -2.52. The lowest BCUT2D eigenvalue weighted by atomic mass is 9.91. The number of methoxy groups -OCH3 is 1. The number of likely N-dealkylation sites (tertiary alicyclic amines) is 1. The Hall–Kier alpha value is -1.50. The molecule has 3 atom stereocenters. The number of nitrogens with zero attached hydrogens (tertiary/aromatic N) is 1. The maximum absolute atomic E-state index is 11.9. The fraction of sp³-hybridized carbons (Fsp3) is 0.611. The number of rotatable bonds is 5. The third kappa shape index (κ3) is 3.43. The number of piperidine rings is 1. The Labute approximate surface area is 152 Å². The van der Waals surface area contributed by atoms with Crippen molar-refractivity contribution in [1.82, 2.24) is 10.2 Å². The van der Waals surface area contributed by atoms with Crippen LogP contribution in [0, 0.1) is 11.8 Å². The Morgan fingerprint density at radius 3 is 2.64 bits per heavy atom. The highest BCUT2D eigenvalue weighted by Gasteiger charge is 2.42. The summed E-state index contributed by atoms with van der Waals surface area (Å²) >= 11 is 6.41. The van der Waals surface area contributed by atoms with Crippen molar-refractivity contribution in [2.45, 2.75) is 25.4 Å². The van der Waals surface area contributed by atoms with Gasteiger partial charge in [0.2, 0.25) is 12.7 Å². The van der Waals surface area contributed by atoms with E-state index in [4.69, 9.17) is 25.8 Å². The van der Waals surface area contributed by atoms with Crippen LogP contribution in [-0.2, 0) is 16.1 Å². The van der Waals surface area contributed by atoms with Crippen LogP contribution in [0.5, 0.6) is 11.5 Å². The van der Waals surface area contributed by atoms with E-state index in [1.807, 2.05) is 12.1 Å². The van der Waals surface area contributed by atoms with Crippen LogP contribution in [0.25, 0.3) is 0 Å². The Balaban J connectivity index is 1.41. The Kier molecular flexibility index (Phi) is 4.75. The van der Waals surface area contributed by atoms with Gasteiger partial charge in [0, 0.05) is 43.9 Å². The van der Waals surface area contributed by atoms with Gasteiger partial charge in [-0.3, -0.25) is 9.69 Å². The van der Waals surface area contributed by atoms with Gasteiger partial charge in [-0.2, -0.15) is 0 Å². The van der Waals surface area contributed by atoms with E-state index in [1.165, 1.54) is 0 Å². The van der Waals surface area contributed by atoms with Gasteiger partial charge in [-0.15, -0.1) is 0 Å². The number of ether oxygens (including phenoxy) is 3. The van der Waals surface area contributed by atoms with Gasteiger partial charge in [0.1, 0.15) is 6.61 Å². The number of nitrogens with one attached hydrogen (secondary N) is 1. The van der Waals surface area contributed by atoms with Crippen LogP contribution in [0.1, 0.15) is 18.4 Å². The maximum Gasteiger partial charge on any atom is 0.246 e. The van der Waals surface area contributed by atoms with Crippen molar-refractivity contribution in [2.24, 2.45) is 11.8 Å². The summed E-state index contributed by atoms with van der Waals surface area (Å²) in [6, 6.07) is 4.09. The zero-order chi connectivity index (χ0) is 17.4. The van der Waals surface area contributed by atoms with E-state index < -0.39 is 0 Å². The molecule has 7 heteroatoms. The number of benzene rings is 1. The van der Waals surface area contributed by atoms with E-state index >= 15 is 0 Å². The fourth-order valence-corrected chi connectivity index (χ4v) is 4.58. The number of hydrogen-bond donors (Lipinski definition) is 1. The number of halogens is 1. The van der Waals surface area contributed by atoms with Crippen molar-refractivity contribution in [3.63, 3.8) is 0 Å². The zero-order valence-electron chi connectivity index (χ0n) is 14.3. The molecule has 1 aromatic carbocycles. The standard InChI is InChI=1S/C18H23ClN2O4/c1-23-9-17(22)20-18-11-2-3-12(18)7-21(6-11)8-13-4-15-16(5-14(13)19)25-10-24-15/h4-5,11-12,18H,2-3,6-10H2,1H3,(H,20,22)/t11-,12+,18?. The molecule has 136 valence electrons. The molecule has 2 aliphatic heterocycles. The molecule has 3 aliphatic rings. The van der Waals surface area contributed by atoms with Gasteiger partial charge < -0.3 is 19.5 Å². The summed E-state index contributed by atoms with van der Waals surface area (Å²) in [4.78, 5) is 14.3. The molecule has 2 heterocycles. The predicted molar refractivity (Wildman–Crippen MR) is 92.9 cm³/mol. The summed E-state index contributed by atoms with van der Waals surface area (Å²) in [5, 5.41) is 3.87. The molecule has 1 aromatic rings. The molecule has 25 heavy (non-hydrogen) atoms. The Morgan fingerprint density at radius 2 is 1.96 bits per heavy atom. The van der Waals surface area contributed by atoms with Gasteiger partial charge in [-0.25, -0.2) is 0 Å². The van der Waals surface area contributed by atoms with Crippen LogP contribution in [0.3, 0.4) is 0 Å². The highest BCUT2D eigenvalue weighted by atomic mass is 35.5. The van der Waals surface area contributed by atoms with Crippen molar-refractivity contribution in [1.29, 1.82) is 0 Å². The second-order valence-corrected chi connectivity index (χ2v) is 7.52. The largest absolute Gasteiger partial charge is 0.454 e. The minimum Gasteiger partial charge on any atom is -0.454 e. The first-order valence-electron chi connectivity index (χ1n) is 8.72. The van der Waals surface area contributed by atoms with Crippen molar-refractivity contribution in [2.75, 3.05) is 33.6 Å². The summed E-state index contributed by atoms with van der Waals surface area (Å²) in [7, 11) is 1.55. The van der Waals surface area contributed by atoms with Gasteiger partial charge in [-0.1, -0.05) is 11.6 Å². The molecule has 2 fully saturated rings. The van der Waals surface area contributed by atoms with Crippen LogP contribution in [-0.4, -0.2) is 50.4 Å². The predicted octanol–water partition coefficient (Wildman–Crippen LogP) is 2.04. The highest BCUT2D eigenvalue weighted by Crippen LogP contribution is 2.40. The van der Waals surface area contributed by atoms with Crippen molar-refractivity contribution < 1.29 is 19.0 Å². The Morgan fingerprint density at radius 1 is 1.28 bits per heavy atom. The molecule has 6 nitrogen and oxygen atoms in total. The third-order valence-electron chi connectivity index (χ3n) is 5.45. The monoisotopic (exact) mass is 366 g/mol. The summed E-state index contributed by atoms with van der Waals surface area (Å²) in [6.07, 6.45) is 2.32. The summed E-state index contributed by atoms with van der Waals surface area (Å²) in [5.41, 5.74) is 1.06. The van der Waals surface area contributed by atoms with Crippen LogP contribution in [0.15, 0.2) is 12.1 Å². The number of amides is 1. The van der Waals surface area contributed by atoms with Crippen LogP contribution >= 0.6 is 11.6 Å². The second-order valence-electron chi connectivity index (χ2n) is 7.11. The molecular formula is C18H23ClN2O4. The molecule has 1 aliphatic carbocycles. The molecule has 0 radical (unpaired) electrons. The first kappa shape index (κ1) is 16.9. The summed E-state index contributed by atoms with van der Waals surface area (Å²) in [5.74, 6) is 2.45. The number of hydrogen-bond acceptors (Lipinski definition) is 5. The summed E-state index contributed by atoms with van der Waals surface area (Å²) < 4.78 is 15.8. The average Bonchev–Trinajstić information content (AvgIpc) is 3.10. The minimum atomic E-state index is -0.0170. The van der Waals surface area contributed by atoms with Gasteiger partial charge in [0.05, 0.1) is 0 Å². The average molecular weight is 367 g/mol. The van der Waals surface area contributed by atoms with Crippen molar-refractivity contribution in [3.05, 3.63) is 22.7 Å². The molecular weight excluding hydrogens is 344 g/mol. The first-order chi connectivity index (χ1) is 12.1. The molecule has 0 spiro atoms. The normalized spacial score (nSPS) is 27.5. The van der Waals surface area contributed by atoms with Crippen molar-refractivity contribution >= 4 is 17.5 Å². The number of carbonyl (C=O) groups excluding carboxylic acids is 1. The van der Waals surface area contributed by atoms with Gasteiger partial charge in [0.15, 0.2) is 11.5 Å². The lowest BCUT2D eigenvalue weighted by molar-refractivity contribution is -0.126. The topological polar surface area (TPSA) is 60.0 Å². The van der Waals surface area contributed by atoms with E-state index in [9.17, 15) is 4.79 Å². The van der Waals surface area contributed by atoms with E-state index in [2.05, 4.69) is 10.2 Å². The molecule has 1 unspecified atom stereocenters. The molecule has 1 saturated heterocycles. The SMILES string of the molecule is COCC(=O)NC1[C@@H]2CC[C@H]1CN(Cc1cc3c(cc1Cl)OCO3)C2. The molecule has 4 rings (SSSR count). The fourth-order valence-electron chi connectivity index (χ4n) is 4.36. The molecule has 1 saturated carbocycles. The molecule has 0 aromatic heterocycles. The van der Waals surface area contributed by atoms with E-state index in [0.717, 1.165) is 43.8 Å². The maximum atomic E-state index is 11.9. The van der Waals surface area contributed by atoms with E-state index in [0.29, 0.717) is 22.6 Å². The number of carbonyl (C=O) groups is 1. The third-order valence-corrected chi connectivity index (χ3v) is 5.80. The second kappa shape index (κ2) is 7.02. The quantitative estimate of drug-likeness (QED) is 0.864. The Bertz CT molecular complexity index is 655. The van der Waals surface area contributed by atoms with Crippen LogP contribution < -0.4 is 14.8 Å². The highest BCUT2D eigenvalue weighted by molar-refractivity contribution is 6.31. The van der Waals surface area contributed by atoms with Crippen LogP contribution in [0.4, 0.5) is 0 Å². The van der Waals surface area contributed by atoms with Crippen LogP contribution in [0.2, 0.25) is 5.02 Å². The van der Waals surface area contributed by atoms with E-state index in [1.54, 1.807) is 7.11 Å². The molecule has 2 bridgehead atoms. The van der Waals surface area contributed by atoms with Crippen molar-refractivity contribution in [3.8, 4) is 11.5 Å². The van der Waals surface area contributed by atoms with Gasteiger partial charge in [-0.05, 0) is 36.3 Å². The van der Waals surface area contributed by atoms with E-state index in [-0.39, 0.29) is 25.3 Å². The summed E-state index contributed by atoms with van der Waals surface area (Å²) in [6.45, 7) is 3.12. The first-order valence-corrected chi connectivity index (χ1v) is 9.10. The molecule has 1 amide bonds. The minimum absolute atomic E-state index is 0.0170. The van der Waals surface area contributed by atoms with Gasteiger partial charge >= 0.3 is 0 Å².